The van der Waals surface area contributed by atoms with Gasteiger partial charge in [0.25, 0.3) is 5.91 Å². The molecule has 0 aliphatic heterocycles. The van der Waals surface area contributed by atoms with E-state index in [1.807, 2.05) is 30.5 Å². The zero-order valence-electron chi connectivity index (χ0n) is 20.0. The molecular weight excluding hydrogens is 488 g/mol. The van der Waals surface area contributed by atoms with Gasteiger partial charge in [-0.3, -0.25) is 13.9 Å². The summed E-state index contributed by atoms with van der Waals surface area (Å²) in [5.41, 5.74) is 6.05. The molecular formula is C23H28N6O4S2. The normalized spacial score (nSPS) is 13.4. The van der Waals surface area contributed by atoms with E-state index in [2.05, 4.69) is 26.1 Å². The summed E-state index contributed by atoms with van der Waals surface area (Å²) >= 11 is 1.44. The fourth-order valence-corrected chi connectivity index (χ4v) is 4.63. The lowest BCUT2D eigenvalue weighted by Gasteiger charge is -2.23. The van der Waals surface area contributed by atoms with Crippen LogP contribution in [0, 0.1) is 6.92 Å². The van der Waals surface area contributed by atoms with E-state index >= 15 is 0 Å². The zero-order valence-corrected chi connectivity index (χ0v) is 21.6. The van der Waals surface area contributed by atoms with Crippen molar-refractivity contribution in [2.45, 2.75) is 32.6 Å². The average Bonchev–Trinajstić information content (AvgIpc) is 3.59. The number of thiazole rings is 1. The van der Waals surface area contributed by atoms with E-state index in [0.29, 0.717) is 40.5 Å². The van der Waals surface area contributed by atoms with Gasteiger partial charge < -0.3 is 10.6 Å². The Morgan fingerprint density at radius 1 is 1.23 bits per heavy atom. The fourth-order valence-electron chi connectivity index (χ4n) is 3.43. The number of hydroxylamine groups is 1. The van der Waals surface area contributed by atoms with Crippen LogP contribution in [0.15, 0.2) is 35.8 Å². The van der Waals surface area contributed by atoms with Crippen molar-refractivity contribution >= 4 is 55.3 Å². The minimum Gasteiger partial charge on any atom is -0.353 e. The van der Waals surface area contributed by atoms with Gasteiger partial charge in [0.2, 0.25) is 10.0 Å². The standard InChI is InChI=1S/C23H28N6O4S2/c1-5-33-28-22(30)17-12-24-21(27-23-25-14(2)13-34-23)11-19(17)26-18-9-8-16(15-6-7-15)10-20(18)29(3)35(4,31)32/h8-13,15H,5-7H2,1-4H3,(H,28,30)(H2,24,25,26,27). The van der Waals surface area contributed by atoms with Crippen LogP contribution in [0.1, 0.15) is 47.3 Å². The third kappa shape index (κ3) is 6.08. The number of sulfonamides is 1. The first kappa shape index (κ1) is 24.9. The number of pyridine rings is 1. The molecule has 0 spiro atoms. The molecule has 12 heteroatoms. The molecule has 3 N–H and O–H groups in total. The number of nitrogens with one attached hydrogen (secondary N) is 3. The highest BCUT2D eigenvalue weighted by Gasteiger charge is 2.26. The molecule has 0 radical (unpaired) electrons. The molecule has 186 valence electrons. The number of hydrogen-bond acceptors (Lipinski definition) is 9. The molecule has 0 saturated heterocycles. The summed E-state index contributed by atoms with van der Waals surface area (Å²) in [6, 6.07) is 7.39. The summed E-state index contributed by atoms with van der Waals surface area (Å²) in [4.78, 5) is 26.6. The first-order chi connectivity index (χ1) is 16.7. The lowest BCUT2D eigenvalue weighted by atomic mass is 10.1. The second kappa shape index (κ2) is 10.2. The quantitative estimate of drug-likeness (QED) is 0.341. The predicted molar refractivity (Wildman–Crippen MR) is 138 cm³/mol. The fraction of sp³-hybridized carbons (Fsp3) is 0.348. The molecule has 0 atom stereocenters. The van der Waals surface area contributed by atoms with Crippen LogP contribution < -0.4 is 20.4 Å². The summed E-state index contributed by atoms with van der Waals surface area (Å²) < 4.78 is 26.0. The van der Waals surface area contributed by atoms with Gasteiger partial charge in [-0.15, -0.1) is 11.3 Å². The smallest absolute Gasteiger partial charge is 0.278 e. The van der Waals surface area contributed by atoms with Crippen LogP contribution in [0.2, 0.25) is 0 Å². The molecule has 2 heterocycles. The number of aryl methyl sites for hydroxylation is 1. The van der Waals surface area contributed by atoms with Gasteiger partial charge >= 0.3 is 0 Å². The Morgan fingerprint density at radius 3 is 2.63 bits per heavy atom. The molecule has 2 aromatic heterocycles. The molecule has 1 amide bonds. The van der Waals surface area contributed by atoms with Crippen LogP contribution in [0.4, 0.5) is 28.0 Å². The first-order valence-corrected chi connectivity index (χ1v) is 13.8. The molecule has 0 unspecified atom stereocenters. The Hall–Kier alpha value is -3.22. The van der Waals surface area contributed by atoms with Crippen molar-refractivity contribution in [1.29, 1.82) is 0 Å². The van der Waals surface area contributed by atoms with E-state index in [4.69, 9.17) is 4.84 Å². The molecule has 1 saturated carbocycles. The second-order valence-corrected chi connectivity index (χ2v) is 11.2. The maximum absolute atomic E-state index is 12.8. The van der Waals surface area contributed by atoms with E-state index in [-0.39, 0.29) is 5.56 Å². The number of benzene rings is 1. The second-order valence-electron chi connectivity index (χ2n) is 8.30. The van der Waals surface area contributed by atoms with Crippen molar-refractivity contribution < 1.29 is 18.0 Å². The van der Waals surface area contributed by atoms with E-state index in [1.54, 1.807) is 13.0 Å². The molecule has 0 bridgehead atoms. The number of rotatable bonds is 10. The molecule has 1 aliphatic rings. The Labute approximate surface area is 208 Å². The van der Waals surface area contributed by atoms with E-state index in [1.165, 1.54) is 28.9 Å². The third-order valence-corrected chi connectivity index (χ3v) is 7.56. The van der Waals surface area contributed by atoms with Crippen molar-refractivity contribution in [3.05, 3.63) is 52.7 Å². The van der Waals surface area contributed by atoms with Crippen LogP contribution in [0.5, 0.6) is 0 Å². The number of aromatic nitrogens is 2. The number of carbonyl (C=O) groups is 1. The number of hydrogen-bond donors (Lipinski definition) is 3. The van der Waals surface area contributed by atoms with Gasteiger partial charge in [0.1, 0.15) is 5.82 Å². The number of amides is 1. The molecule has 35 heavy (non-hydrogen) atoms. The van der Waals surface area contributed by atoms with Crippen molar-refractivity contribution in [1.82, 2.24) is 15.4 Å². The van der Waals surface area contributed by atoms with Crippen molar-refractivity contribution in [3.63, 3.8) is 0 Å². The molecule has 1 fully saturated rings. The third-order valence-electron chi connectivity index (χ3n) is 5.49. The Kier molecular flexibility index (Phi) is 7.24. The van der Waals surface area contributed by atoms with Crippen molar-refractivity contribution in [3.8, 4) is 0 Å². The van der Waals surface area contributed by atoms with Crippen molar-refractivity contribution in [2.24, 2.45) is 0 Å². The minimum absolute atomic E-state index is 0.235. The first-order valence-electron chi connectivity index (χ1n) is 11.1. The maximum atomic E-state index is 12.8. The van der Waals surface area contributed by atoms with Gasteiger partial charge in [-0.25, -0.2) is 23.9 Å². The maximum Gasteiger partial charge on any atom is 0.278 e. The van der Waals surface area contributed by atoms with Crippen molar-refractivity contribution in [2.75, 3.05) is 34.8 Å². The van der Waals surface area contributed by atoms with Crippen LogP contribution in [-0.2, 0) is 14.9 Å². The Bertz CT molecular complexity index is 1340. The van der Waals surface area contributed by atoms with E-state index < -0.39 is 15.9 Å². The summed E-state index contributed by atoms with van der Waals surface area (Å²) in [5.74, 6) is 0.440. The summed E-state index contributed by atoms with van der Waals surface area (Å²) in [6.07, 6.45) is 4.77. The molecule has 1 aliphatic carbocycles. The summed E-state index contributed by atoms with van der Waals surface area (Å²) in [7, 11) is -2.00. The van der Waals surface area contributed by atoms with E-state index in [9.17, 15) is 13.2 Å². The lowest BCUT2D eigenvalue weighted by Crippen LogP contribution is -2.26. The predicted octanol–water partition coefficient (Wildman–Crippen LogP) is 4.29. The van der Waals surface area contributed by atoms with E-state index in [0.717, 1.165) is 30.4 Å². The van der Waals surface area contributed by atoms with Gasteiger partial charge in [-0.05, 0) is 50.3 Å². The van der Waals surface area contributed by atoms with Crippen LogP contribution in [-0.4, -0.2) is 44.2 Å². The van der Waals surface area contributed by atoms with Gasteiger partial charge in [0, 0.05) is 24.7 Å². The van der Waals surface area contributed by atoms with Gasteiger partial charge in [0.15, 0.2) is 5.13 Å². The van der Waals surface area contributed by atoms with Crippen LogP contribution >= 0.6 is 11.3 Å². The highest BCUT2D eigenvalue weighted by atomic mass is 32.2. The largest absolute Gasteiger partial charge is 0.353 e. The summed E-state index contributed by atoms with van der Waals surface area (Å²) in [5, 5.41) is 8.97. The van der Waals surface area contributed by atoms with Crippen LogP contribution in [0.25, 0.3) is 0 Å². The molecule has 10 nitrogen and oxygen atoms in total. The number of carbonyl (C=O) groups excluding carboxylic acids is 1. The van der Waals surface area contributed by atoms with Crippen LogP contribution in [0.3, 0.4) is 0 Å². The monoisotopic (exact) mass is 516 g/mol. The molecule has 4 rings (SSSR count). The molecule has 3 aromatic rings. The number of anilines is 5. The van der Waals surface area contributed by atoms with Gasteiger partial charge in [-0.2, -0.15) is 0 Å². The van der Waals surface area contributed by atoms with Gasteiger partial charge in [-0.1, -0.05) is 6.07 Å². The summed E-state index contributed by atoms with van der Waals surface area (Å²) in [6.45, 7) is 3.96. The SMILES string of the molecule is CCONC(=O)c1cnc(Nc2nc(C)cs2)cc1Nc1ccc(C2CC2)cc1N(C)S(C)(=O)=O. The Balaban J connectivity index is 1.73. The minimum atomic E-state index is -3.52. The Morgan fingerprint density at radius 2 is 2.00 bits per heavy atom. The lowest BCUT2D eigenvalue weighted by molar-refractivity contribution is 0.0365. The molecule has 1 aromatic carbocycles. The highest BCUT2D eigenvalue weighted by Crippen LogP contribution is 2.43. The number of nitrogens with zero attached hydrogens (tertiary/aromatic N) is 3. The average molecular weight is 517 g/mol. The highest BCUT2D eigenvalue weighted by molar-refractivity contribution is 7.92. The zero-order chi connectivity index (χ0) is 25.2. The van der Waals surface area contributed by atoms with Gasteiger partial charge in [0.05, 0.1) is 41.2 Å². The topological polar surface area (TPSA) is 126 Å².